The molecule has 2 atom stereocenters. The summed E-state index contributed by atoms with van der Waals surface area (Å²) in [5.74, 6) is -8.35. The van der Waals surface area contributed by atoms with Gasteiger partial charge in [0.15, 0.2) is 34.9 Å². The summed E-state index contributed by atoms with van der Waals surface area (Å²) in [4.78, 5) is 26.6. The highest BCUT2D eigenvalue weighted by Gasteiger charge is 2.41. The van der Waals surface area contributed by atoms with Crippen molar-refractivity contribution in [3.63, 3.8) is 0 Å². The van der Waals surface area contributed by atoms with Crippen LogP contribution in [-0.2, 0) is 0 Å². The van der Waals surface area contributed by atoms with Gasteiger partial charge in [-0.1, -0.05) is 218 Å². The summed E-state index contributed by atoms with van der Waals surface area (Å²) in [5, 5.41) is 0. The second kappa shape index (κ2) is 16.5. The van der Waals surface area contributed by atoms with Crippen molar-refractivity contribution in [2.45, 2.75) is 11.8 Å². The fourth-order valence-corrected chi connectivity index (χ4v) is 7.79. The van der Waals surface area contributed by atoms with Gasteiger partial charge >= 0.3 is 0 Å². The molecule has 0 aliphatic heterocycles. The molecule has 0 radical (unpaired) electrons. The molecule has 9 aromatic carbocycles. The molecule has 3 aliphatic carbocycles. The molecule has 0 amide bonds. The number of nitrogens with zero attached hydrogens (tertiary/aromatic N) is 6. The van der Waals surface area contributed by atoms with Gasteiger partial charge in [-0.25, -0.2) is 29.9 Å². The third kappa shape index (κ3) is 6.98. The Kier molecular flexibility index (Phi) is 4.20. The molecule has 2 aromatic heterocycles. The quantitative estimate of drug-likeness (QED) is 0.151. The molecule has 318 valence electrons. The maximum atomic E-state index is 10.2. The van der Waals surface area contributed by atoms with Crippen molar-refractivity contribution in [1.29, 1.82) is 0 Å². The molecule has 6 nitrogen and oxygen atoms in total. The van der Waals surface area contributed by atoms with E-state index in [1.807, 2.05) is 0 Å². The first-order chi connectivity index (χ1) is 48.6. The van der Waals surface area contributed by atoms with E-state index < -0.39 is 320 Å². The smallest absolute Gasteiger partial charge is 0.164 e. The average Bonchev–Trinajstić information content (AvgIpc) is 0.672. The van der Waals surface area contributed by atoms with Crippen LogP contribution in [0.1, 0.15) is 94.6 Å². The van der Waals surface area contributed by atoms with E-state index in [-0.39, 0.29) is 33.4 Å². The van der Waals surface area contributed by atoms with Crippen LogP contribution in [-0.4, -0.2) is 29.9 Å². The first-order valence-corrected chi connectivity index (χ1v) is 20.1. The molecule has 6 heteroatoms. The number of hydrogen-bond donors (Lipinski definition) is 0. The van der Waals surface area contributed by atoms with E-state index >= 15 is 0 Å². The normalized spacial score (nSPS) is 21.6. The van der Waals surface area contributed by atoms with Gasteiger partial charge in [0.2, 0.25) is 0 Å². The standard InChI is InChI=1S/C62H40N6/c1-5-15-39(16-6-1)41-25-29-45(30-26-41)59-63-57(43-19-9-3-10-20-43)65-61(67-59)47-33-35-51-53(37-47)55-49-23-13-14-24-50(49)56(51)54-38-48(34-36-52(54)55)62-66-58(44-21-11-4-12-22-44)64-60(68-62)46-31-27-42(28-32-46)40-17-7-2-8-18-40/h1-38,55-56H/i1D,2D,3D,4D,5D,6D,7D,8D,9D,10D,11D,12D,13D,14D,15D,16D,17D,18D,19D,20D,21D,22D,23D,24D,25D,26D,27D,28D,29D,30D,31D,32D,35D,36D,37D,38D. The van der Waals surface area contributed by atoms with Gasteiger partial charge in [-0.2, -0.15) is 0 Å². The summed E-state index contributed by atoms with van der Waals surface area (Å²) in [6.45, 7) is 0. The Morgan fingerprint density at radius 2 is 0.456 bits per heavy atom. The predicted molar refractivity (Wildman–Crippen MR) is 271 cm³/mol. The molecule has 0 fully saturated rings. The lowest BCUT2D eigenvalue weighted by molar-refractivity contribution is 0.754. The van der Waals surface area contributed by atoms with Gasteiger partial charge in [0, 0.05) is 45.2 Å². The highest BCUT2D eigenvalue weighted by atomic mass is 15.0. The summed E-state index contributed by atoms with van der Waals surface area (Å²) < 4.78 is 322. The largest absolute Gasteiger partial charge is 0.208 e. The van der Waals surface area contributed by atoms with Crippen molar-refractivity contribution in [2.75, 3.05) is 0 Å². The van der Waals surface area contributed by atoms with E-state index in [0.29, 0.717) is 0 Å². The fourth-order valence-electron chi connectivity index (χ4n) is 7.79. The van der Waals surface area contributed by atoms with Crippen LogP contribution in [0.4, 0.5) is 0 Å². The van der Waals surface area contributed by atoms with Crippen LogP contribution in [0.5, 0.6) is 0 Å². The molecule has 14 rings (SSSR count). The van der Waals surface area contributed by atoms with Crippen molar-refractivity contribution < 1.29 is 49.3 Å². The summed E-state index contributed by atoms with van der Waals surface area (Å²) in [6.07, 6.45) is 0. The van der Waals surface area contributed by atoms with E-state index in [0.717, 1.165) is 12.1 Å². The van der Waals surface area contributed by atoms with Crippen LogP contribution in [0, 0.1) is 0 Å². The Hall–Kier alpha value is -9.00. The molecule has 0 N–H and O–H groups in total. The number of benzene rings is 9. The van der Waals surface area contributed by atoms with Crippen LogP contribution in [0.3, 0.4) is 0 Å². The maximum Gasteiger partial charge on any atom is 0.164 e. The molecule has 3 aliphatic rings. The molecule has 68 heavy (non-hydrogen) atoms. The molecule has 2 unspecified atom stereocenters. The lowest BCUT2D eigenvalue weighted by Crippen LogP contribution is -2.27. The molecular formula is C62H40N6. The lowest BCUT2D eigenvalue weighted by atomic mass is 9.61. The summed E-state index contributed by atoms with van der Waals surface area (Å²) in [6, 6.07) is -29.7. The summed E-state index contributed by atoms with van der Waals surface area (Å²) in [5.41, 5.74) is -8.72. The van der Waals surface area contributed by atoms with Crippen molar-refractivity contribution >= 4 is 0 Å². The summed E-state index contributed by atoms with van der Waals surface area (Å²) >= 11 is 0. The van der Waals surface area contributed by atoms with Crippen molar-refractivity contribution in [2.24, 2.45) is 0 Å². The van der Waals surface area contributed by atoms with Gasteiger partial charge in [0.05, 0.1) is 49.3 Å². The molecule has 0 saturated heterocycles. The van der Waals surface area contributed by atoms with E-state index in [4.69, 9.17) is 30.2 Å². The zero-order valence-electron chi connectivity index (χ0n) is 70.0. The zero-order valence-corrected chi connectivity index (χ0v) is 34.0. The van der Waals surface area contributed by atoms with Crippen LogP contribution in [0.15, 0.2) is 230 Å². The molecule has 11 aromatic rings. The number of rotatable bonds is 8. The second-order valence-electron chi connectivity index (χ2n) is 14.6. The lowest BCUT2D eigenvalue weighted by Gasteiger charge is -2.42. The van der Waals surface area contributed by atoms with E-state index in [1.165, 1.54) is 0 Å². The SMILES string of the molecule is [2H]c1cc(-c2nc(-c3c([2H])c([2H])c([2H])c([2H])c3[2H])nc(-c3c([2H])c([2H])c(-c4c([2H])c([2H])c([2H])c([2H])c4[2H])c([2H])c3[2H])n2)c([2H])c2c1C1c3c([2H])c(-c4nc(-c5c([2H])c([2H])c([2H])c([2H])c5[2H])nc(-c5c([2H])c([2H])c(-c6c([2H])c([2H])c([2H])c([2H])c6[2H])c([2H])c5[2H])n4)cc([2H])c3C2c2c([2H])c([2H])c([2H])c([2H])c21. The molecule has 2 heterocycles. The van der Waals surface area contributed by atoms with Gasteiger partial charge in [-0.05, 0) is 67.7 Å². The van der Waals surface area contributed by atoms with Gasteiger partial charge < -0.3 is 0 Å². The van der Waals surface area contributed by atoms with Crippen molar-refractivity contribution in [1.82, 2.24) is 29.9 Å². The number of aromatic nitrogens is 6. The molecule has 0 saturated carbocycles. The zero-order chi connectivity index (χ0) is 76.3. The van der Waals surface area contributed by atoms with Gasteiger partial charge in [-0.15, -0.1) is 0 Å². The van der Waals surface area contributed by atoms with Gasteiger partial charge in [0.25, 0.3) is 0 Å². The fraction of sp³-hybridized carbons (Fsp3) is 0.0323. The Morgan fingerprint density at radius 1 is 0.221 bits per heavy atom. The van der Waals surface area contributed by atoms with Gasteiger partial charge in [0.1, 0.15) is 0 Å². The molecule has 2 bridgehead atoms. The Morgan fingerprint density at radius 3 is 0.794 bits per heavy atom. The van der Waals surface area contributed by atoms with Crippen LogP contribution in [0.25, 0.3) is 90.6 Å². The topological polar surface area (TPSA) is 77.3 Å². The Bertz CT molecular complexity index is 5340. The van der Waals surface area contributed by atoms with Crippen LogP contribution >= 0.6 is 0 Å². The Balaban J connectivity index is 1.08. The average molecular weight is 905 g/mol. The first-order valence-electron chi connectivity index (χ1n) is 38.1. The third-order valence-electron chi connectivity index (χ3n) is 10.7. The van der Waals surface area contributed by atoms with E-state index in [2.05, 4.69) is 29.9 Å². The predicted octanol–water partition coefficient (Wildman–Crippen LogP) is 14.4. The van der Waals surface area contributed by atoms with E-state index in [9.17, 15) is 19.2 Å². The first kappa shape index (κ1) is 17.3. The molecular weight excluding hydrogens is 829 g/mol. The minimum atomic E-state index is -1.77. The molecule has 0 spiro atoms. The van der Waals surface area contributed by atoms with Crippen LogP contribution in [0.2, 0.25) is 0 Å². The van der Waals surface area contributed by atoms with E-state index in [1.54, 1.807) is 0 Å². The highest BCUT2D eigenvalue weighted by molar-refractivity contribution is 5.77. The maximum absolute atomic E-state index is 10.2. The minimum Gasteiger partial charge on any atom is -0.208 e. The van der Waals surface area contributed by atoms with Crippen molar-refractivity contribution in [3.05, 3.63) is 263 Å². The summed E-state index contributed by atoms with van der Waals surface area (Å²) in [7, 11) is 0. The Labute approximate surface area is 445 Å². The van der Waals surface area contributed by atoms with Crippen LogP contribution < -0.4 is 0 Å². The number of hydrogen-bond acceptors (Lipinski definition) is 6. The monoisotopic (exact) mass is 905 g/mol. The van der Waals surface area contributed by atoms with Crippen molar-refractivity contribution in [3.8, 4) is 90.6 Å². The highest BCUT2D eigenvalue weighted by Crippen LogP contribution is 2.56. The van der Waals surface area contributed by atoms with Gasteiger partial charge in [-0.3, -0.25) is 0 Å². The minimum absolute atomic E-state index is 0.249. The second-order valence-corrected chi connectivity index (χ2v) is 14.6. The third-order valence-corrected chi connectivity index (χ3v) is 10.7.